The van der Waals surface area contributed by atoms with E-state index in [1.54, 1.807) is 23.4 Å². The maximum Gasteiger partial charge on any atom is 0.318 e. The van der Waals surface area contributed by atoms with Gasteiger partial charge in [-0.1, -0.05) is 0 Å². The first-order valence-electron chi connectivity index (χ1n) is 9.28. The number of nitrogens with zero attached hydrogens (tertiary/aromatic N) is 3. The Bertz CT molecular complexity index is 638. The number of urea groups is 1. The number of carbonyl (C=O) groups is 2. The molecular formula is C19H28N4O3. The fraction of sp³-hybridized carbons (Fsp3) is 0.632. The van der Waals surface area contributed by atoms with Gasteiger partial charge in [-0.15, -0.1) is 0 Å². The van der Waals surface area contributed by atoms with Crippen molar-refractivity contribution in [2.45, 2.75) is 57.7 Å². The van der Waals surface area contributed by atoms with Crippen molar-refractivity contribution in [3.05, 3.63) is 24.5 Å². The Morgan fingerprint density at radius 2 is 2.00 bits per heavy atom. The molecule has 0 radical (unpaired) electrons. The normalized spacial score (nSPS) is 23.2. The fourth-order valence-electron chi connectivity index (χ4n) is 3.49. The van der Waals surface area contributed by atoms with Gasteiger partial charge in [-0.2, -0.15) is 0 Å². The molecule has 1 aromatic rings. The van der Waals surface area contributed by atoms with Gasteiger partial charge in [0.05, 0.1) is 12.7 Å². The molecular weight excluding hydrogens is 332 g/mol. The predicted octanol–water partition coefficient (Wildman–Crippen LogP) is 2.03. The van der Waals surface area contributed by atoms with Gasteiger partial charge in [0.2, 0.25) is 5.91 Å². The second kappa shape index (κ2) is 7.51. The molecule has 2 aliphatic heterocycles. The molecule has 3 rings (SSSR count). The van der Waals surface area contributed by atoms with Crippen molar-refractivity contribution in [2.24, 2.45) is 0 Å². The Balaban J connectivity index is 1.74. The van der Waals surface area contributed by atoms with Crippen LogP contribution in [-0.4, -0.2) is 64.0 Å². The number of aromatic nitrogens is 1. The van der Waals surface area contributed by atoms with E-state index in [9.17, 15) is 9.59 Å². The second-order valence-corrected chi connectivity index (χ2v) is 8.04. The van der Waals surface area contributed by atoms with E-state index in [2.05, 4.69) is 10.3 Å². The number of pyridine rings is 1. The van der Waals surface area contributed by atoms with Crippen molar-refractivity contribution in [3.8, 4) is 5.75 Å². The van der Waals surface area contributed by atoms with Crippen LogP contribution in [0.5, 0.6) is 5.75 Å². The Morgan fingerprint density at radius 1 is 1.27 bits per heavy atom. The van der Waals surface area contributed by atoms with Gasteiger partial charge in [-0.3, -0.25) is 9.78 Å². The number of likely N-dealkylation sites (tertiary alicyclic amines) is 2. The van der Waals surface area contributed by atoms with Gasteiger partial charge < -0.3 is 19.9 Å². The van der Waals surface area contributed by atoms with Crippen molar-refractivity contribution in [2.75, 3.05) is 19.6 Å². The molecule has 1 N–H and O–H groups in total. The molecule has 3 heterocycles. The molecule has 2 fully saturated rings. The predicted molar refractivity (Wildman–Crippen MR) is 97.9 cm³/mol. The maximum atomic E-state index is 13.0. The van der Waals surface area contributed by atoms with E-state index in [0.717, 1.165) is 25.9 Å². The van der Waals surface area contributed by atoms with Crippen molar-refractivity contribution in [3.63, 3.8) is 0 Å². The Labute approximate surface area is 154 Å². The minimum atomic E-state index is -0.475. The van der Waals surface area contributed by atoms with Crippen LogP contribution < -0.4 is 10.1 Å². The SMILES string of the molecule is CC(C)(C)NC(=O)N1C[C@@H](Oc2cccnc2)C[C@H]1C(=O)N1CCCC1. The summed E-state index contributed by atoms with van der Waals surface area (Å²) in [5.74, 6) is 0.687. The summed E-state index contributed by atoms with van der Waals surface area (Å²) in [6, 6.07) is 2.95. The Kier molecular flexibility index (Phi) is 5.34. The summed E-state index contributed by atoms with van der Waals surface area (Å²) in [6.45, 7) is 7.74. The minimum absolute atomic E-state index is 0.0313. The van der Waals surface area contributed by atoms with E-state index < -0.39 is 6.04 Å². The van der Waals surface area contributed by atoms with Gasteiger partial charge in [0.25, 0.3) is 0 Å². The van der Waals surface area contributed by atoms with Gasteiger partial charge in [-0.05, 0) is 45.7 Å². The molecule has 0 aromatic carbocycles. The van der Waals surface area contributed by atoms with E-state index in [1.807, 2.05) is 31.7 Å². The van der Waals surface area contributed by atoms with Crippen molar-refractivity contribution < 1.29 is 14.3 Å². The van der Waals surface area contributed by atoms with Gasteiger partial charge >= 0.3 is 6.03 Å². The first kappa shape index (κ1) is 18.5. The molecule has 3 amide bonds. The summed E-state index contributed by atoms with van der Waals surface area (Å²) < 4.78 is 5.97. The Hall–Kier alpha value is -2.31. The highest BCUT2D eigenvalue weighted by atomic mass is 16.5. The monoisotopic (exact) mass is 360 g/mol. The van der Waals surface area contributed by atoms with Crippen LogP contribution in [0.2, 0.25) is 0 Å². The molecule has 142 valence electrons. The third kappa shape index (κ3) is 4.45. The first-order valence-corrected chi connectivity index (χ1v) is 9.28. The van der Waals surface area contributed by atoms with Crippen LogP contribution >= 0.6 is 0 Å². The van der Waals surface area contributed by atoms with Crippen LogP contribution in [0.15, 0.2) is 24.5 Å². The topological polar surface area (TPSA) is 74.8 Å². The minimum Gasteiger partial charge on any atom is -0.487 e. The number of hydrogen-bond acceptors (Lipinski definition) is 4. The summed E-state index contributed by atoms with van der Waals surface area (Å²) in [4.78, 5) is 33.3. The molecule has 2 aliphatic rings. The first-order chi connectivity index (χ1) is 12.3. The molecule has 7 heteroatoms. The van der Waals surface area contributed by atoms with E-state index in [1.165, 1.54) is 0 Å². The average Bonchev–Trinajstić information content (AvgIpc) is 3.23. The maximum absolute atomic E-state index is 13.0. The molecule has 1 aromatic heterocycles. The number of rotatable bonds is 3. The molecule has 2 atom stereocenters. The van der Waals surface area contributed by atoms with Crippen LogP contribution in [0.25, 0.3) is 0 Å². The smallest absolute Gasteiger partial charge is 0.318 e. The zero-order valence-electron chi connectivity index (χ0n) is 15.8. The molecule has 0 saturated carbocycles. The van der Waals surface area contributed by atoms with E-state index in [0.29, 0.717) is 18.7 Å². The van der Waals surface area contributed by atoms with Gasteiger partial charge in [0.1, 0.15) is 17.9 Å². The standard InChI is InChI=1S/C19H28N4O3/c1-19(2,3)21-18(25)23-13-15(26-14-7-6-8-20-12-14)11-16(23)17(24)22-9-4-5-10-22/h6-8,12,15-16H,4-5,9-11,13H2,1-3H3,(H,21,25)/t15-,16-/m0/s1. The van der Waals surface area contributed by atoms with Gasteiger partial charge in [0, 0.05) is 31.2 Å². The summed E-state index contributed by atoms with van der Waals surface area (Å²) in [6.07, 6.45) is 5.67. The molecule has 0 bridgehead atoms. The Morgan fingerprint density at radius 3 is 2.62 bits per heavy atom. The third-order valence-electron chi connectivity index (χ3n) is 4.65. The molecule has 0 aliphatic carbocycles. The summed E-state index contributed by atoms with van der Waals surface area (Å²) in [7, 11) is 0. The number of nitrogens with one attached hydrogen (secondary N) is 1. The van der Waals surface area contributed by atoms with Crippen LogP contribution in [0.3, 0.4) is 0 Å². The summed E-state index contributed by atoms with van der Waals surface area (Å²) in [5.41, 5.74) is -0.360. The van der Waals surface area contributed by atoms with Gasteiger partial charge in [0.15, 0.2) is 0 Å². The van der Waals surface area contributed by atoms with E-state index >= 15 is 0 Å². The number of ether oxygens (including phenoxy) is 1. The summed E-state index contributed by atoms with van der Waals surface area (Å²) >= 11 is 0. The lowest BCUT2D eigenvalue weighted by atomic mass is 10.1. The van der Waals surface area contributed by atoms with Crippen LogP contribution in [0, 0.1) is 0 Å². The van der Waals surface area contributed by atoms with Crippen molar-refractivity contribution in [1.29, 1.82) is 0 Å². The molecule has 2 saturated heterocycles. The van der Waals surface area contributed by atoms with Crippen molar-refractivity contribution in [1.82, 2.24) is 20.1 Å². The lowest BCUT2D eigenvalue weighted by molar-refractivity contribution is -0.134. The fourth-order valence-corrected chi connectivity index (χ4v) is 3.49. The highest BCUT2D eigenvalue weighted by molar-refractivity contribution is 5.88. The van der Waals surface area contributed by atoms with Crippen LogP contribution in [-0.2, 0) is 4.79 Å². The highest BCUT2D eigenvalue weighted by Crippen LogP contribution is 2.26. The largest absolute Gasteiger partial charge is 0.487 e. The third-order valence-corrected chi connectivity index (χ3v) is 4.65. The molecule has 0 spiro atoms. The molecule has 7 nitrogen and oxygen atoms in total. The zero-order valence-corrected chi connectivity index (χ0v) is 15.8. The average molecular weight is 360 g/mol. The second-order valence-electron chi connectivity index (χ2n) is 8.04. The lowest BCUT2D eigenvalue weighted by Crippen LogP contribution is -2.54. The number of hydrogen-bond donors (Lipinski definition) is 1. The highest BCUT2D eigenvalue weighted by Gasteiger charge is 2.43. The molecule has 26 heavy (non-hydrogen) atoms. The summed E-state index contributed by atoms with van der Waals surface area (Å²) in [5, 5.41) is 2.97. The quantitative estimate of drug-likeness (QED) is 0.895. The zero-order chi connectivity index (χ0) is 18.7. The van der Waals surface area contributed by atoms with Crippen LogP contribution in [0.1, 0.15) is 40.0 Å². The lowest BCUT2D eigenvalue weighted by Gasteiger charge is -2.30. The number of amides is 3. The van der Waals surface area contributed by atoms with E-state index in [-0.39, 0.29) is 23.6 Å². The van der Waals surface area contributed by atoms with Crippen molar-refractivity contribution >= 4 is 11.9 Å². The van der Waals surface area contributed by atoms with E-state index in [4.69, 9.17) is 4.74 Å². The van der Waals surface area contributed by atoms with Crippen LogP contribution in [0.4, 0.5) is 4.79 Å². The number of carbonyl (C=O) groups excluding carboxylic acids is 2. The van der Waals surface area contributed by atoms with Gasteiger partial charge in [-0.25, -0.2) is 4.79 Å². The molecule has 0 unspecified atom stereocenters.